The molecule has 2 aromatic carbocycles. The predicted molar refractivity (Wildman–Crippen MR) is 133 cm³/mol. The number of ether oxygens (including phenoxy) is 1. The smallest absolute Gasteiger partial charge is 0.255 e. The second-order valence-electron chi connectivity index (χ2n) is 8.19. The number of aromatic nitrogens is 1. The second-order valence-corrected chi connectivity index (χ2v) is 8.63. The summed E-state index contributed by atoms with van der Waals surface area (Å²) in [5.74, 6) is 1.22. The molecule has 1 aromatic heterocycles. The molecular weight excluding hydrogens is 452 g/mol. The Hall–Kier alpha value is -3.58. The van der Waals surface area contributed by atoms with Gasteiger partial charge in [-0.15, -0.1) is 0 Å². The number of amides is 2. The van der Waals surface area contributed by atoms with Crippen molar-refractivity contribution in [1.29, 1.82) is 0 Å². The van der Waals surface area contributed by atoms with E-state index in [4.69, 9.17) is 16.3 Å². The number of halogens is 1. The Balaban J connectivity index is 1.30. The summed E-state index contributed by atoms with van der Waals surface area (Å²) < 4.78 is 5.21. The monoisotopic (exact) mass is 478 g/mol. The number of carbonyl (C=O) groups excluding carboxylic acids is 2. The van der Waals surface area contributed by atoms with Crippen LogP contribution in [0.2, 0.25) is 5.02 Å². The van der Waals surface area contributed by atoms with Crippen molar-refractivity contribution in [3.8, 4) is 5.75 Å². The van der Waals surface area contributed by atoms with Gasteiger partial charge in [0.2, 0.25) is 5.91 Å². The zero-order chi connectivity index (χ0) is 23.9. The van der Waals surface area contributed by atoms with Gasteiger partial charge < -0.3 is 20.3 Å². The van der Waals surface area contributed by atoms with Crippen LogP contribution in [0.1, 0.15) is 28.8 Å². The third-order valence-electron chi connectivity index (χ3n) is 5.91. The minimum atomic E-state index is -0.214. The molecule has 0 aliphatic carbocycles. The summed E-state index contributed by atoms with van der Waals surface area (Å²) in [6.45, 7) is 1.89. The molecule has 0 spiro atoms. The largest absolute Gasteiger partial charge is 0.497 e. The molecule has 1 aliphatic heterocycles. The number of methoxy groups -OCH3 is 1. The lowest BCUT2D eigenvalue weighted by molar-refractivity contribution is -0.125. The number of anilines is 2. The van der Waals surface area contributed by atoms with E-state index in [0.717, 1.165) is 24.2 Å². The van der Waals surface area contributed by atoms with Crippen molar-refractivity contribution in [1.82, 2.24) is 10.3 Å². The minimum absolute atomic E-state index is 0.0388. The Morgan fingerprint density at radius 1 is 1.09 bits per heavy atom. The number of rotatable bonds is 7. The lowest BCUT2D eigenvalue weighted by atomic mass is 9.95. The quantitative estimate of drug-likeness (QED) is 0.521. The van der Waals surface area contributed by atoms with E-state index < -0.39 is 0 Å². The summed E-state index contributed by atoms with van der Waals surface area (Å²) in [7, 11) is 1.59. The van der Waals surface area contributed by atoms with E-state index in [1.54, 1.807) is 31.5 Å². The van der Waals surface area contributed by atoms with Crippen molar-refractivity contribution in [2.45, 2.75) is 19.4 Å². The molecule has 4 rings (SSSR count). The maximum absolute atomic E-state index is 12.7. The second kappa shape index (κ2) is 11.0. The molecule has 2 amide bonds. The minimum Gasteiger partial charge on any atom is -0.497 e. The molecule has 1 saturated heterocycles. The average Bonchev–Trinajstić information content (AvgIpc) is 2.88. The number of hydrogen-bond acceptors (Lipinski definition) is 5. The highest BCUT2D eigenvalue weighted by atomic mass is 35.5. The molecule has 7 nitrogen and oxygen atoms in total. The topological polar surface area (TPSA) is 83.6 Å². The molecule has 3 aromatic rings. The maximum Gasteiger partial charge on any atom is 0.255 e. The SMILES string of the molecule is COc1cccc(NC(=O)c2ccnc(N3CCC(C(=O)NCc4ccc(Cl)cc4)CC3)c2)c1. The highest BCUT2D eigenvalue weighted by Gasteiger charge is 2.25. The Morgan fingerprint density at radius 2 is 1.85 bits per heavy atom. The van der Waals surface area contributed by atoms with Crippen LogP contribution in [0.5, 0.6) is 5.75 Å². The van der Waals surface area contributed by atoms with Crippen LogP contribution in [0.25, 0.3) is 0 Å². The molecule has 176 valence electrons. The maximum atomic E-state index is 12.7. The van der Waals surface area contributed by atoms with Crippen LogP contribution in [0.3, 0.4) is 0 Å². The van der Waals surface area contributed by atoms with Gasteiger partial charge in [-0.3, -0.25) is 9.59 Å². The van der Waals surface area contributed by atoms with E-state index in [0.29, 0.717) is 41.7 Å². The highest BCUT2D eigenvalue weighted by Crippen LogP contribution is 2.24. The molecule has 0 unspecified atom stereocenters. The van der Waals surface area contributed by atoms with Crippen molar-refractivity contribution in [2.75, 3.05) is 30.4 Å². The highest BCUT2D eigenvalue weighted by molar-refractivity contribution is 6.30. The number of nitrogens with one attached hydrogen (secondary N) is 2. The lowest BCUT2D eigenvalue weighted by Gasteiger charge is -2.32. The summed E-state index contributed by atoms with van der Waals surface area (Å²) in [5.41, 5.74) is 2.20. The van der Waals surface area contributed by atoms with Gasteiger partial charge in [-0.1, -0.05) is 29.8 Å². The summed E-state index contributed by atoms with van der Waals surface area (Å²) in [5, 5.41) is 6.59. The first-order valence-corrected chi connectivity index (χ1v) is 11.6. The van der Waals surface area contributed by atoms with E-state index in [-0.39, 0.29) is 17.7 Å². The number of nitrogens with zero attached hydrogens (tertiary/aromatic N) is 2. The third-order valence-corrected chi connectivity index (χ3v) is 6.16. The van der Waals surface area contributed by atoms with E-state index in [1.807, 2.05) is 42.5 Å². The van der Waals surface area contributed by atoms with Gasteiger partial charge >= 0.3 is 0 Å². The van der Waals surface area contributed by atoms with Gasteiger partial charge in [-0.05, 0) is 54.8 Å². The Bertz CT molecular complexity index is 1140. The van der Waals surface area contributed by atoms with Crippen molar-refractivity contribution in [3.05, 3.63) is 83.0 Å². The third kappa shape index (κ3) is 6.05. The fourth-order valence-corrected chi connectivity index (χ4v) is 4.07. The van der Waals surface area contributed by atoms with E-state index in [9.17, 15) is 9.59 Å². The lowest BCUT2D eigenvalue weighted by Crippen LogP contribution is -2.40. The van der Waals surface area contributed by atoms with Crippen LogP contribution in [-0.2, 0) is 11.3 Å². The molecule has 0 bridgehead atoms. The zero-order valence-corrected chi connectivity index (χ0v) is 19.7. The van der Waals surface area contributed by atoms with Crippen molar-refractivity contribution >= 4 is 34.9 Å². The molecule has 2 N–H and O–H groups in total. The molecule has 0 atom stereocenters. The predicted octanol–water partition coefficient (Wildman–Crippen LogP) is 4.53. The summed E-state index contributed by atoms with van der Waals surface area (Å²) in [6, 6.07) is 18.2. The number of pyridine rings is 1. The van der Waals surface area contributed by atoms with Gasteiger partial charge in [-0.2, -0.15) is 0 Å². The molecule has 8 heteroatoms. The van der Waals surface area contributed by atoms with Crippen LogP contribution in [0.15, 0.2) is 66.9 Å². The van der Waals surface area contributed by atoms with E-state index >= 15 is 0 Å². The van der Waals surface area contributed by atoms with Gasteiger partial charge in [0.25, 0.3) is 5.91 Å². The Morgan fingerprint density at radius 3 is 2.59 bits per heavy atom. The molecule has 0 radical (unpaired) electrons. The van der Waals surface area contributed by atoms with Crippen LogP contribution in [0, 0.1) is 5.92 Å². The fraction of sp³-hybridized carbons (Fsp3) is 0.269. The summed E-state index contributed by atoms with van der Waals surface area (Å²) >= 11 is 5.91. The fourth-order valence-electron chi connectivity index (χ4n) is 3.94. The summed E-state index contributed by atoms with van der Waals surface area (Å²) in [4.78, 5) is 31.9. The summed E-state index contributed by atoms with van der Waals surface area (Å²) in [6.07, 6.45) is 3.10. The molecule has 0 saturated carbocycles. The van der Waals surface area contributed by atoms with Gasteiger partial charge in [0.05, 0.1) is 7.11 Å². The molecular formula is C26H27ClN4O3. The number of benzene rings is 2. The van der Waals surface area contributed by atoms with Gasteiger partial charge in [0.1, 0.15) is 11.6 Å². The Kier molecular flexibility index (Phi) is 7.65. The Labute approximate surface area is 204 Å². The van der Waals surface area contributed by atoms with Crippen LogP contribution in [-0.4, -0.2) is 37.0 Å². The first-order chi connectivity index (χ1) is 16.5. The van der Waals surface area contributed by atoms with Gasteiger partial charge in [0.15, 0.2) is 0 Å². The average molecular weight is 479 g/mol. The van der Waals surface area contributed by atoms with Crippen molar-refractivity contribution < 1.29 is 14.3 Å². The van der Waals surface area contributed by atoms with Crippen LogP contribution >= 0.6 is 11.6 Å². The normalized spacial score (nSPS) is 13.9. The van der Waals surface area contributed by atoms with E-state index in [1.165, 1.54) is 0 Å². The van der Waals surface area contributed by atoms with Gasteiger partial charge in [-0.25, -0.2) is 4.98 Å². The standard InChI is InChI=1S/C26H27ClN4O3/c1-34-23-4-2-3-22(16-23)30-26(33)20-9-12-28-24(15-20)31-13-10-19(11-14-31)25(32)29-17-18-5-7-21(27)8-6-18/h2-9,12,15-16,19H,10-11,13-14,17H2,1H3,(H,29,32)(H,30,33). The zero-order valence-electron chi connectivity index (χ0n) is 19.0. The number of hydrogen-bond donors (Lipinski definition) is 2. The number of carbonyl (C=O) groups is 2. The first-order valence-electron chi connectivity index (χ1n) is 11.2. The van der Waals surface area contributed by atoms with Crippen molar-refractivity contribution in [2.24, 2.45) is 5.92 Å². The van der Waals surface area contributed by atoms with Gasteiger partial charge in [0, 0.05) is 54.1 Å². The van der Waals surface area contributed by atoms with Crippen LogP contribution < -0.4 is 20.3 Å². The first kappa shape index (κ1) is 23.6. The number of piperidine rings is 1. The molecule has 2 heterocycles. The molecule has 1 aliphatic rings. The molecule has 34 heavy (non-hydrogen) atoms. The van der Waals surface area contributed by atoms with E-state index in [2.05, 4.69) is 20.5 Å². The molecule has 1 fully saturated rings. The van der Waals surface area contributed by atoms with Crippen molar-refractivity contribution in [3.63, 3.8) is 0 Å². The van der Waals surface area contributed by atoms with Crippen LogP contribution in [0.4, 0.5) is 11.5 Å².